The number of amides is 1. The number of aromatic nitrogens is 2. The molecule has 0 fully saturated rings. The molecule has 136 valence electrons. The summed E-state index contributed by atoms with van der Waals surface area (Å²) < 4.78 is 1.58. The molecule has 0 bridgehead atoms. The second-order valence-corrected chi connectivity index (χ2v) is 5.88. The Kier molecular flexibility index (Phi) is 5.36. The summed E-state index contributed by atoms with van der Waals surface area (Å²) in [5.41, 5.74) is 5.54. The van der Waals surface area contributed by atoms with Crippen LogP contribution in [0.25, 0.3) is 0 Å². The van der Waals surface area contributed by atoms with Crippen molar-refractivity contribution in [2.24, 2.45) is 5.10 Å². The topological polar surface area (TPSA) is 102 Å². The molecule has 1 N–H and O–H groups in total. The van der Waals surface area contributed by atoms with Gasteiger partial charge in [-0.3, -0.25) is 19.6 Å². The highest BCUT2D eigenvalue weighted by atomic mass is 16.6. The van der Waals surface area contributed by atoms with Gasteiger partial charge in [0.15, 0.2) is 5.69 Å². The SMILES string of the molecule is Cc1ccccc1/C=N/NC(=O)c1ccn(Cc2ccc([N+](=O)[O-])cc2)n1. The lowest BCUT2D eigenvalue weighted by Crippen LogP contribution is -2.18. The molecule has 0 saturated carbocycles. The van der Waals surface area contributed by atoms with Crippen LogP contribution in [0, 0.1) is 17.0 Å². The molecule has 0 aliphatic heterocycles. The van der Waals surface area contributed by atoms with Crippen molar-refractivity contribution in [1.82, 2.24) is 15.2 Å². The maximum absolute atomic E-state index is 12.1. The van der Waals surface area contributed by atoms with Crippen LogP contribution >= 0.6 is 0 Å². The van der Waals surface area contributed by atoms with Gasteiger partial charge in [-0.2, -0.15) is 10.2 Å². The smallest absolute Gasteiger partial charge is 0.268 e. The number of aryl methyl sites for hydroxylation is 1. The summed E-state index contributed by atoms with van der Waals surface area (Å²) in [5.74, 6) is -0.415. The third-order valence-corrected chi connectivity index (χ3v) is 3.92. The molecule has 0 atom stereocenters. The number of hydrogen-bond donors (Lipinski definition) is 1. The van der Waals surface area contributed by atoms with Crippen molar-refractivity contribution in [2.75, 3.05) is 0 Å². The predicted octanol–water partition coefficient (Wildman–Crippen LogP) is 2.91. The van der Waals surface area contributed by atoms with Crippen LogP contribution in [-0.4, -0.2) is 26.8 Å². The van der Waals surface area contributed by atoms with E-state index < -0.39 is 10.8 Å². The lowest BCUT2D eigenvalue weighted by atomic mass is 10.1. The first kappa shape index (κ1) is 18.0. The van der Waals surface area contributed by atoms with Crippen molar-refractivity contribution in [1.29, 1.82) is 0 Å². The van der Waals surface area contributed by atoms with Crippen molar-refractivity contribution < 1.29 is 9.72 Å². The summed E-state index contributed by atoms with van der Waals surface area (Å²) in [6, 6.07) is 15.5. The lowest BCUT2D eigenvalue weighted by Gasteiger charge is -2.02. The molecule has 3 aromatic rings. The first-order chi connectivity index (χ1) is 13.0. The number of carbonyl (C=O) groups excluding carboxylic acids is 1. The van der Waals surface area contributed by atoms with Crippen molar-refractivity contribution in [2.45, 2.75) is 13.5 Å². The van der Waals surface area contributed by atoms with Crippen LogP contribution in [0.2, 0.25) is 0 Å². The number of rotatable bonds is 6. The van der Waals surface area contributed by atoms with Crippen LogP contribution < -0.4 is 5.43 Å². The highest BCUT2D eigenvalue weighted by molar-refractivity contribution is 5.93. The number of benzene rings is 2. The summed E-state index contributed by atoms with van der Waals surface area (Å²) in [7, 11) is 0. The Morgan fingerprint density at radius 3 is 2.67 bits per heavy atom. The first-order valence-electron chi connectivity index (χ1n) is 8.19. The molecule has 1 amide bonds. The maximum atomic E-state index is 12.1. The van der Waals surface area contributed by atoms with Crippen molar-refractivity contribution in [3.8, 4) is 0 Å². The summed E-state index contributed by atoms with van der Waals surface area (Å²) in [6.07, 6.45) is 3.25. The van der Waals surface area contributed by atoms with Crippen LogP contribution in [0.3, 0.4) is 0 Å². The minimum Gasteiger partial charge on any atom is -0.268 e. The number of hydrazone groups is 1. The molecule has 1 aromatic heterocycles. The zero-order valence-corrected chi connectivity index (χ0v) is 14.6. The molecular weight excluding hydrogens is 346 g/mol. The van der Waals surface area contributed by atoms with Gasteiger partial charge < -0.3 is 0 Å². The molecule has 1 heterocycles. The molecule has 0 spiro atoms. The van der Waals surface area contributed by atoms with Crippen molar-refractivity contribution >= 4 is 17.8 Å². The quantitative estimate of drug-likeness (QED) is 0.413. The Labute approximate surface area is 155 Å². The largest absolute Gasteiger partial charge is 0.291 e. The van der Waals surface area contributed by atoms with Gasteiger partial charge in [0.1, 0.15) is 0 Å². The fourth-order valence-corrected chi connectivity index (χ4v) is 2.43. The molecule has 27 heavy (non-hydrogen) atoms. The van der Waals surface area contributed by atoms with Gasteiger partial charge in [-0.05, 0) is 29.7 Å². The minimum atomic E-state index is -0.447. The van der Waals surface area contributed by atoms with Crippen molar-refractivity contribution in [3.63, 3.8) is 0 Å². The van der Waals surface area contributed by atoms with E-state index in [0.717, 1.165) is 16.7 Å². The molecular formula is C19H17N5O3. The van der Waals surface area contributed by atoms with E-state index in [4.69, 9.17) is 0 Å². The second-order valence-electron chi connectivity index (χ2n) is 5.88. The minimum absolute atomic E-state index is 0.0331. The van der Waals surface area contributed by atoms with Crippen LogP contribution in [0.4, 0.5) is 5.69 Å². The normalized spacial score (nSPS) is 10.9. The average molecular weight is 363 g/mol. The molecule has 2 aromatic carbocycles. The highest BCUT2D eigenvalue weighted by Gasteiger charge is 2.09. The number of nitro groups is 1. The summed E-state index contributed by atoms with van der Waals surface area (Å²) in [5, 5.41) is 18.8. The Hall–Kier alpha value is -3.81. The summed E-state index contributed by atoms with van der Waals surface area (Å²) in [4.78, 5) is 22.4. The second kappa shape index (κ2) is 8.05. The third kappa shape index (κ3) is 4.63. The molecule has 0 saturated heterocycles. The Morgan fingerprint density at radius 1 is 1.22 bits per heavy atom. The van der Waals surface area contributed by atoms with Gasteiger partial charge in [0.25, 0.3) is 11.6 Å². The van der Waals surface area contributed by atoms with E-state index >= 15 is 0 Å². The molecule has 0 unspecified atom stereocenters. The summed E-state index contributed by atoms with van der Waals surface area (Å²) >= 11 is 0. The molecule has 8 heteroatoms. The van der Waals surface area contributed by atoms with E-state index in [1.165, 1.54) is 12.1 Å². The average Bonchev–Trinajstić information content (AvgIpc) is 3.12. The number of hydrogen-bond acceptors (Lipinski definition) is 5. The lowest BCUT2D eigenvalue weighted by molar-refractivity contribution is -0.384. The fraction of sp³-hybridized carbons (Fsp3) is 0.105. The first-order valence-corrected chi connectivity index (χ1v) is 8.19. The Balaban J connectivity index is 1.60. The molecule has 3 rings (SSSR count). The van der Waals surface area contributed by atoms with Gasteiger partial charge in [0.2, 0.25) is 0 Å². The Morgan fingerprint density at radius 2 is 1.96 bits per heavy atom. The monoisotopic (exact) mass is 363 g/mol. The van der Waals surface area contributed by atoms with E-state index in [9.17, 15) is 14.9 Å². The van der Waals surface area contributed by atoms with Crippen LogP contribution in [0.5, 0.6) is 0 Å². The van der Waals surface area contributed by atoms with E-state index in [0.29, 0.717) is 6.54 Å². The van der Waals surface area contributed by atoms with E-state index in [1.54, 1.807) is 35.3 Å². The van der Waals surface area contributed by atoms with Gasteiger partial charge in [-0.1, -0.05) is 36.4 Å². The van der Waals surface area contributed by atoms with Gasteiger partial charge in [0, 0.05) is 18.3 Å². The van der Waals surface area contributed by atoms with Gasteiger partial charge in [-0.15, -0.1) is 0 Å². The predicted molar refractivity (Wildman–Crippen MR) is 101 cm³/mol. The van der Waals surface area contributed by atoms with Crippen LogP contribution in [0.15, 0.2) is 65.9 Å². The number of nitro benzene ring substituents is 1. The molecule has 8 nitrogen and oxygen atoms in total. The zero-order valence-electron chi connectivity index (χ0n) is 14.6. The number of nitrogens with zero attached hydrogens (tertiary/aromatic N) is 4. The molecule has 0 radical (unpaired) electrons. The zero-order chi connectivity index (χ0) is 19.2. The summed E-state index contributed by atoms with van der Waals surface area (Å²) in [6.45, 7) is 2.36. The maximum Gasteiger partial charge on any atom is 0.291 e. The van der Waals surface area contributed by atoms with Gasteiger partial charge in [0.05, 0.1) is 17.7 Å². The van der Waals surface area contributed by atoms with Crippen LogP contribution in [-0.2, 0) is 6.54 Å². The molecule has 0 aliphatic carbocycles. The fourth-order valence-electron chi connectivity index (χ4n) is 2.43. The van der Waals surface area contributed by atoms with E-state index in [2.05, 4.69) is 15.6 Å². The number of nitrogens with one attached hydrogen (secondary N) is 1. The van der Waals surface area contributed by atoms with Crippen molar-refractivity contribution in [3.05, 3.63) is 93.3 Å². The third-order valence-electron chi connectivity index (χ3n) is 3.92. The number of non-ortho nitro benzene ring substituents is 1. The molecule has 0 aliphatic rings. The van der Waals surface area contributed by atoms with Gasteiger partial charge in [-0.25, -0.2) is 5.43 Å². The standard InChI is InChI=1S/C19H17N5O3/c1-14-4-2-3-5-16(14)12-20-21-19(25)18-10-11-23(22-18)13-15-6-8-17(9-7-15)24(26)27/h2-12H,13H2,1H3,(H,21,25)/b20-12+. The van der Waals surface area contributed by atoms with Crippen LogP contribution in [0.1, 0.15) is 27.2 Å². The Bertz CT molecular complexity index is 993. The highest BCUT2D eigenvalue weighted by Crippen LogP contribution is 2.12. The number of carbonyl (C=O) groups is 1. The van der Waals surface area contributed by atoms with Gasteiger partial charge >= 0.3 is 0 Å². The van der Waals surface area contributed by atoms with E-state index in [1.807, 2.05) is 31.2 Å². The van der Waals surface area contributed by atoms with E-state index in [-0.39, 0.29) is 11.4 Å².